The van der Waals surface area contributed by atoms with Gasteiger partial charge in [-0.25, -0.2) is 0 Å². The number of methoxy groups -OCH3 is 3. The lowest BCUT2D eigenvalue weighted by Crippen LogP contribution is -2.15. The molecular formula is C24H18Cl2O4. The number of halogens is 2. The van der Waals surface area contributed by atoms with Gasteiger partial charge in [0.1, 0.15) is 0 Å². The van der Waals surface area contributed by atoms with Crippen molar-refractivity contribution in [3.05, 3.63) is 86.4 Å². The first kappa shape index (κ1) is 20.3. The van der Waals surface area contributed by atoms with Crippen LogP contribution in [0.5, 0.6) is 17.2 Å². The van der Waals surface area contributed by atoms with E-state index in [2.05, 4.69) is 0 Å². The Labute approximate surface area is 184 Å². The number of carbonyl (C=O) groups excluding carboxylic acids is 1. The van der Waals surface area contributed by atoms with E-state index in [1.165, 1.54) is 0 Å². The highest BCUT2D eigenvalue weighted by atomic mass is 35.5. The summed E-state index contributed by atoms with van der Waals surface area (Å²) in [6.45, 7) is 0. The highest BCUT2D eigenvalue weighted by molar-refractivity contribution is 6.39. The number of hydrogen-bond donors (Lipinski definition) is 0. The third-order valence-corrected chi connectivity index (χ3v) is 5.69. The summed E-state index contributed by atoms with van der Waals surface area (Å²) in [6, 6.07) is 14.4. The lowest BCUT2D eigenvalue weighted by Gasteiger charge is -2.24. The minimum atomic E-state index is -0.143. The molecule has 0 amide bonds. The molecule has 0 fully saturated rings. The Hall–Kier alpha value is -2.95. The standard InChI is InChI=1S/C24H18Cl2O4/c1-28-19-11-13(12-20(29-2)24(19)30-3)10-16-14-6-4-9-18(26)22(14)23(27)15-7-5-8-17(25)21(15)16/h4-12H,1-3H3/b16-10+. The van der Waals surface area contributed by atoms with E-state index in [-0.39, 0.29) is 5.78 Å². The van der Waals surface area contributed by atoms with E-state index in [0.717, 1.165) is 16.7 Å². The number of ether oxygens (including phenoxy) is 3. The zero-order chi connectivity index (χ0) is 21.4. The molecule has 0 aliphatic heterocycles. The van der Waals surface area contributed by atoms with Crippen LogP contribution >= 0.6 is 23.2 Å². The van der Waals surface area contributed by atoms with Crippen molar-refractivity contribution in [3.63, 3.8) is 0 Å². The lowest BCUT2D eigenvalue weighted by molar-refractivity contribution is 0.103. The summed E-state index contributed by atoms with van der Waals surface area (Å²) in [7, 11) is 4.68. The monoisotopic (exact) mass is 440 g/mol. The summed E-state index contributed by atoms with van der Waals surface area (Å²) >= 11 is 13.0. The number of carbonyl (C=O) groups is 1. The predicted octanol–water partition coefficient (Wildman–Crippen LogP) is 6.15. The van der Waals surface area contributed by atoms with E-state index in [4.69, 9.17) is 37.4 Å². The van der Waals surface area contributed by atoms with Crippen molar-refractivity contribution in [2.45, 2.75) is 0 Å². The number of hydrogen-bond acceptors (Lipinski definition) is 4. The molecule has 0 radical (unpaired) electrons. The smallest absolute Gasteiger partial charge is 0.203 e. The molecule has 4 rings (SSSR count). The van der Waals surface area contributed by atoms with Crippen molar-refractivity contribution in [1.29, 1.82) is 0 Å². The van der Waals surface area contributed by atoms with Crippen LogP contribution < -0.4 is 14.2 Å². The molecule has 0 unspecified atom stereocenters. The molecule has 6 heteroatoms. The fourth-order valence-electron chi connectivity index (χ4n) is 3.74. The highest BCUT2D eigenvalue weighted by Crippen LogP contribution is 2.44. The van der Waals surface area contributed by atoms with Crippen molar-refractivity contribution < 1.29 is 19.0 Å². The van der Waals surface area contributed by atoms with E-state index in [1.807, 2.05) is 30.3 Å². The van der Waals surface area contributed by atoms with Crippen molar-refractivity contribution >= 4 is 40.6 Å². The van der Waals surface area contributed by atoms with Crippen LogP contribution in [0.25, 0.3) is 11.6 Å². The molecule has 152 valence electrons. The van der Waals surface area contributed by atoms with Crippen LogP contribution in [0.1, 0.15) is 32.6 Å². The van der Waals surface area contributed by atoms with Crippen molar-refractivity contribution in [2.75, 3.05) is 21.3 Å². The van der Waals surface area contributed by atoms with Crippen LogP contribution in [0, 0.1) is 0 Å². The molecule has 3 aromatic carbocycles. The van der Waals surface area contributed by atoms with Gasteiger partial charge in [0, 0.05) is 21.7 Å². The largest absolute Gasteiger partial charge is 0.493 e. The fourth-order valence-corrected chi connectivity index (χ4v) is 4.27. The van der Waals surface area contributed by atoms with Gasteiger partial charge in [-0.05, 0) is 47.0 Å². The molecular weight excluding hydrogens is 423 g/mol. The Bertz CT molecular complexity index is 1170. The van der Waals surface area contributed by atoms with Gasteiger partial charge in [-0.15, -0.1) is 0 Å². The normalized spacial score (nSPS) is 13.6. The molecule has 0 spiro atoms. The molecule has 1 aliphatic rings. The summed E-state index contributed by atoms with van der Waals surface area (Å²) in [5.41, 5.74) is 3.97. The SMILES string of the molecule is COc1cc(/C=C2\c3cccc(Cl)c3C(=O)c3cccc(Cl)c32)cc(OC)c1OC. The minimum Gasteiger partial charge on any atom is -0.493 e. The van der Waals surface area contributed by atoms with Gasteiger partial charge in [0.25, 0.3) is 0 Å². The summed E-state index contributed by atoms with van der Waals surface area (Å²) in [4.78, 5) is 13.1. The number of benzene rings is 3. The lowest BCUT2D eigenvalue weighted by atomic mass is 9.80. The molecule has 0 bridgehead atoms. The second-order valence-corrected chi connectivity index (χ2v) is 7.49. The third kappa shape index (κ3) is 3.22. The molecule has 30 heavy (non-hydrogen) atoms. The Morgan fingerprint density at radius 2 is 1.33 bits per heavy atom. The van der Waals surface area contributed by atoms with Gasteiger partial charge >= 0.3 is 0 Å². The second kappa shape index (κ2) is 8.05. The number of fused-ring (bicyclic) bond motifs is 2. The Kier molecular flexibility index (Phi) is 5.46. The van der Waals surface area contributed by atoms with Gasteiger partial charge < -0.3 is 14.2 Å². The van der Waals surface area contributed by atoms with Gasteiger partial charge in [-0.2, -0.15) is 0 Å². The molecule has 1 aliphatic carbocycles. The van der Waals surface area contributed by atoms with Gasteiger partial charge in [-0.1, -0.05) is 47.5 Å². The quantitative estimate of drug-likeness (QED) is 0.381. The maximum Gasteiger partial charge on any atom is 0.203 e. The van der Waals surface area contributed by atoms with Crippen LogP contribution in [0.2, 0.25) is 10.0 Å². The number of ketones is 1. The van der Waals surface area contributed by atoms with E-state index >= 15 is 0 Å². The van der Waals surface area contributed by atoms with Crippen LogP contribution in [-0.2, 0) is 0 Å². The van der Waals surface area contributed by atoms with Crippen molar-refractivity contribution in [1.82, 2.24) is 0 Å². The van der Waals surface area contributed by atoms with Gasteiger partial charge in [-0.3, -0.25) is 4.79 Å². The highest BCUT2D eigenvalue weighted by Gasteiger charge is 2.30. The average molecular weight is 441 g/mol. The third-order valence-electron chi connectivity index (χ3n) is 5.06. The van der Waals surface area contributed by atoms with Crippen molar-refractivity contribution in [2.24, 2.45) is 0 Å². The van der Waals surface area contributed by atoms with E-state index < -0.39 is 0 Å². The van der Waals surface area contributed by atoms with Gasteiger partial charge in [0.15, 0.2) is 17.3 Å². The van der Waals surface area contributed by atoms with Gasteiger partial charge in [0.2, 0.25) is 5.75 Å². The maximum absolute atomic E-state index is 13.1. The molecule has 0 saturated heterocycles. The zero-order valence-electron chi connectivity index (χ0n) is 16.6. The molecule has 3 aromatic rings. The summed E-state index contributed by atoms with van der Waals surface area (Å²) in [5.74, 6) is 1.42. The van der Waals surface area contributed by atoms with Crippen molar-refractivity contribution in [3.8, 4) is 17.2 Å². The van der Waals surface area contributed by atoms with E-state index in [1.54, 1.807) is 45.6 Å². The molecule has 0 aromatic heterocycles. The predicted molar refractivity (Wildman–Crippen MR) is 119 cm³/mol. The molecule has 0 heterocycles. The van der Waals surface area contributed by atoms with Crippen LogP contribution in [0.4, 0.5) is 0 Å². The number of rotatable bonds is 4. The average Bonchev–Trinajstić information content (AvgIpc) is 2.75. The second-order valence-electron chi connectivity index (χ2n) is 6.67. The minimum absolute atomic E-state index is 0.143. The fraction of sp³-hybridized carbons (Fsp3) is 0.125. The maximum atomic E-state index is 13.1. The molecule has 0 N–H and O–H groups in total. The van der Waals surface area contributed by atoms with E-state index in [0.29, 0.717) is 44.0 Å². The summed E-state index contributed by atoms with van der Waals surface area (Å²) in [5, 5.41) is 0.893. The Morgan fingerprint density at radius 1 is 0.767 bits per heavy atom. The van der Waals surface area contributed by atoms with Crippen LogP contribution in [0.15, 0.2) is 48.5 Å². The Balaban J connectivity index is 2.03. The first-order chi connectivity index (χ1) is 14.5. The zero-order valence-corrected chi connectivity index (χ0v) is 18.1. The molecule has 4 nitrogen and oxygen atoms in total. The van der Waals surface area contributed by atoms with Crippen LogP contribution in [0.3, 0.4) is 0 Å². The van der Waals surface area contributed by atoms with Crippen LogP contribution in [-0.4, -0.2) is 27.1 Å². The topological polar surface area (TPSA) is 44.8 Å². The first-order valence-electron chi connectivity index (χ1n) is 9.14. The first-order valence-corrected chi connectivity index (χ1v) is 9.90. The summed E-state index contributed by atoms with van der Waals surface area (Å²) < 4.78 is 16.4. The van der Waals surface area contributed by atoms with E-state index in [9.17, 15) is 4.79 Å². The molecule has 0 saturated carbocycles. The molecule has 0 atom stereocenters. The van der Waals surface area contributed by atoms with Gasteiger partial charge in [0.05, 0.1) is 26.4 Å². The summed E-state index contributed by atoms with van der Waals surface area (Å²) in [6.07, 6.45) is 1.94. The Morgan fingerprint density at radius 3 is 1.90 bits per heavy atom.